The first kappa shape index (κ1) is 24.9. The van der Waals surface area contributed by atoms with Crippen molar-refractivity contribution < 1.29 is 15.0 Å². The van der Waals surface area contributed by atoms with Gasteiger partial charge in [-0.25, -0.2) is 10.0 Å². The van der Waals surface area contributed by atoms with Gasteiger partial charge in [0.1, 0.15) is 12.5 Å². The quantitative estimate of drug-likeness (QED) is 0.308. The molecule has 0 aliphatic carbocycles. The maximum Gasteiger partial charge on any atom is 0.213 e. The SMILES string of the molecule is O=C(c1sc(Br)cc1CCNN1CCCC1O)c1sc(Br)cc1CCNN1CCCC1O. The van der Waals surface area contributed by atoms with Crippen molar-refractivity contribution in [1.82, 2.24) is 20.9 Å². The Bertz CT molecular complexity index is 866. The largest absolute Gasteiger partial charge is 0.377 e. The summed E-state index contributed by atoms with van der Waals surface area (Å²) in [6.45, 7) is 3.03. The third-order valence-corrected chi connectivity index (χ3v) is 9.19. The molecule has 2 aromatic heterocycles. The number of aliphatic hydroxyl groups is 2. The van der Waals surface area contributed by atoms with Crippen LogP contribution in [0.3, 0.4) is 0 Å². The lowest BCUT2D eigenvalue weighted by Crippen LogP contribution is -2.42. The van der Waals surface area contributed by atoms with Crippen LogP contribution < -0.4 is 10.9 Å². The van der Waals surface area contributed by atoms with E-state index >= 15 is 0 Å². The van der Waals surface area contributed by atoms with E-state index in [1.165, 1.54) is 22.7 Å². The molecule has 0 saturated carbocycles. The highest BCUT2D eigenvalue weighted by molar-refractivity contribution is 9.11. The summed E-state index contributed by atoms with van der Waals surface area (Å²) in [6.07, 6.45) is 4.14. The molecule has 4 rings (SSSR count). The molecule has 11 heteroatoms. The molecule has 7 nitrogen and oxygen atoms in total. The van der Waals surface area contributed by atoms with Crippen molar-refractivity contribution in [2.24, 2.45) is 0 Å². The number of thiophene rings is 2. The topological polar surface area (TPSA) is 88.1 Å². The summed E-state index contributed by atoms with van der Waals surface area (Å²) in [5.74, 6) is 0.0591. The molecule has 0 radical (unpaired) electrons. The minimum Gasteiger partial charge on any atom is -0.377 e. The fourth-order valence-corrected chi connectivity index (χ4v) is 7.54. The number of ketones is 1. The van der Waals surface area contributed by atoms with Crippen molar-refractivity contribution in [3.05, 3.63) is 40.6 Å². The molecule has 0 amide bonds. The molecule has 2 aromatic rings. The van der Waals surface area contributed by atoms with Gasteiger partial charge in [0.05, 0.1) is 17.3 Å². The molecule has 2 aliphatic rings. The van der Waals surface area contributed by atoms with Crippen molar-refractivity contribution >= 4 is 60.3 Å². The second-order valence-corrected chi connectivity index (χ2v) is 13.0. The third-order valence-electron chi connectivity index (χ3n) is 5.83. The van der Waals surface area contributed by atoms with E-state index in [2.05, 4.69) is 42.7 Å². The zero-order chi connectivity index (χ0) is 22.7. The lowest BCUT2D eigenvalue weighted by molar-refractivity contribution is 0.00221. The van der Waals surface area contributed by atoms with E-state index in [1.54, 1.807) is 0 Å². The van der Waals surface area contributed by atoms with Crippen LogP contribution in [0.2, 0.25) is 0 Å². The molecule has 0 aromatic carbocycles. The standard InChI is InChI=1S/C21H28Br2N4O3S2/c22-15-11-13(5-7-24-26-9-1-3-17(26)28)20(31-15)19(30)21-14(12-16(23)32-21)6-8-25-27-10-2-4-18(27)29/h11-12,17-18,24-25,28-29H,1-10H2. The van der Waals surface area contributed by atoms with Crippen LogP contribution in [0.25, 0.3) is 0 Å². The number of carbonyl (C=O) groups excluding carboxylic acids is 1. The zero-order valence-electron chi connectivity index (χ0n) is 17.6. The van der Waals surface area contributed by atoms with Gasteiger partial charge in [-0.15, -0.1) is 22.7 Å². The molecule has 4 N–H and O–H groups in total. The Labute approximate surface area is 213 Å². The van der Waals surface area contributed by atoms with Gasteiger partial charge in [0.2, 0.25) is 5.78 Å². The van der Waals surface area contributed by atoms with Crippen molar-refractivity contribution in [1.29, 1.82) is 0 Å². The van der Waals surface area contributed by atoms with E-state index in [0.29, 0.717) is 25.9 Å². The number of hydrazine groups is 2. The van der Waals surface area contributed by atoms with Crippen LogP contribution in [0.1, 0.15) is 51.4 Å². The molecule has 2 aliphatic heterocycles. The first-order valence-corrected chi connectivity index (χ1v) is 14.1. The van der Waals surface area contributed by atoms with Crippen molar-refractivity contribution in [2.75, 3.05) is 26.2 Å². The van der Waals surface area contributed by atoms with Crippen LogP contribution in [0.15, 0.2) is 19.7 Å². The summed E-state index contributed by atoms with van der Waals surface area (Å²) in [6, 6.07) is 4.05. The molecule has 2 atom stereocenters. The van der Waals surface area contributed by atoms with Crippen LogP contribution in [0, 0.1) is 0 Å². The van der Waals surface area contributed by atoms with E-state index in [-0.39, 0.29) is 5.78 Å². The second kappa shape index (κ2) is 11.5. The Morgan fingerprint density at radius 1 is 0.906 bits per heavy atom. The highest BCUT2D eigenvalue weighted by Crippen LogP contribution is 2.35. The monoisotopic (exact) mass is 606 g/mol. The lowest BCUT2D eigenvalue weighted by atomic mass is 10.1. The Morgan fingerprint density at radius 3 is 1.72 bits per heavy atom. The predicted octanol–water partition coefficient (Wildman–Crippen LogP) is 3.49. The number of halogens is 2. The number of nitrogens with one attached hydrogen (secondary N) is 2. The Hall–Kier alpha value is -0.210. The van der Waals surface area contributed by atoms with Gasteiger partial charge in [-0.2, -0.15) is 0 Å². The summed E-state index contributed by atoms with van der Waals surface area (Å²) in [5.41, 5.74) is 8.61. The average molecular weight is 608 g/mol. The molecular weight excluding hydrogens is 580 g/mol. The summed E-state index contributed by atoms with van der Waals surface area (Å²) < 4.78 is 1.89. The normalized spacial score (nSPS) is 22.2. The van der Waals surface area contributed by atoms with Gasteiger partial charge < -0.3 is 10.2 Å². The van der Waals surface area contributed by atoms with Crippen LogP contribution in [0.4, 0.5) is 0 Å². The summed E-state index contributed by atoms with van der Waals surface area (Å²) >= 11 is 10.0. The number of carbonyl (C=O) groups is 1. The van der Waals surface area contributed by atoms with Gasteiger partial charge in [0.25, 0.3) is 0 Å². The van der Waals surface area contributed by atoms with Gasteiger partial charge >= 0.3 is 0 Å². The van der Waals surface area contributed by atoms with Gasteiger partial charge in [-0.1, -0.05) is 0 Å². The number of aliphatic hydroxyl groups excluding tert-OH is 2. The number of hydrogen-bond acceptors (Lipinski definition) is 9. The van der Waals surface area contributed by atoms with Crippen LogP contribution in [-0.4, -0.2) is 64.6 Å². The first-order valence-electron chi connectivity index (χ1n) is 10.9. The molecule has 0 bridgehead atoms. The lowest BCUT2D eigenvalue weighted by Gasteiger charge is -2.21. The Morgan fingerprint density at radius 2 is 1.34 bits per heavy atom. The number of rotatable bonds is 10. The maximum absolute atomic E-state index is 13.5. The fraction of sp³-hybridized carbons (Fsp3) is 0.571. The highest BCUT2D eigenvalue weighted by Gasteiger charge is 2.25. The van der Waals surface area contributed by atoms with Crippen LogP contribution >= 0.6 is 54.5 Å². The van der Waals surface area contributed by atoms with Crippen molar-refractivity contribution in [2.45, 2.75) is 51.0 Å². The minimum atomic E-state index is -0.424. The van der Waals surface area contributed by atoms with Crippen LogP contribution in [-0.2, 0) is 12.8 Å². The van der Waals surface area contributed by atoms with E-state index in [4.69, 9.17) is 0 Å². The molecule has 0 spiro atoms. The van der Waals surface area contributed by atoms with E-state index in [9.17, 15) is 15.0 Å². The predicted molar refractivity (Wildman–Crippen MR) is 135 cm³/mol. The highest BCUT2D eigenvalue weighted by atomic mass is 79.9. The summed E-state index contributed by atoms with van der Waals surface area (Å²) in [7, 11) is 0. The van der Waals surface area contributed by atoms with Gasteiger partial charge in [-0.3, -0.25) is 15.6 Å². The van der Waals surface area contributed by atoms with Gasteiger partial charge in [0, 0.05) is 26.2 Å². The molecule has 2 unspecified atom stereocenters. The van der Waals surface area contributed by atoms with Gasteiger partial charge in [0.15, 0.2) is 0 Å². The van der Waals surface area contributed by atoms with Crippen LogP contribution in [0.5, 0.6) is 0 Å². The molecular formula is C21H28Br2N4O3S2. The molecule has 2 fully saturated rings. The zero-order valence-corrected chi connectivity index (χ0v) is 22.5. The average Bonchev–Trinajstić information content (AvgIpc) is 3.52. The maximum atomic E-state index is 13.5. The molecule has 32 heavy (non-hydrogen) atoms. The number of hydrogen-bond donors (Lipinski definition) is 4. The van der Waals surface area contributed by atoms with Crippen molar-refractivity contribution in [3.63, 3.8) is 0 Å². The van der Waals surface area contributed by atoms with E-state index in [0.717, 1.165) is 67.2 Å². The first-order chi connectivity index (χ1) is 15.4. The third kappa shape index (κ3) is 6.07. The smallest absolute Gasteiger partial charge is 0.213 e. The van der Waals surface area contributed by atoms with E-state index in [1.807, 2.05) is 22.2 Å². The molecule has 176 valence electrons. The summed E-state index contributed by atoms with van der Waals surface area (Å²) in [5, 5.41) is 23.6. The molecule has 2 saturated heterocycles. The Kier molecular flexibility index (Phi) is 8.93. The summed E-state index contributed by atoms with van der Waals surface area (Å²) in [4.78, 5) is 15.0. The fourth-order valence-electron chi connectivity index (χ4n) is 4.18. The van der Waals surface area contributed by atoms with Gasteiger partial charge in [-0.05, 0) is 93.6 Å². The van der Waals surface area contributed by atoms with Crippen molar-refractivity contribution in [3.8, 4) is 0 Å². The molecule has 4 heterocycles. The van der Waals surface area contributed by atoms with E-state index < -0.39 is 12.5 Å². The minimum absolute atomic E-state index is 0.0591. The second-order valence-electron chi connectivity index (χ2n) is 8.09. The Balaban J connectivity index is 1.40. The number of nitrogens with zero attached hydrogens (tertiary/aromatic N) is 2.